The van der Waals surface area contributed by atoms with E-state index in [2.05, 4.69) is 35.6 Å². The fourth-order valence-corrected chi connectivity index (χ4v) is 3.18. The summed E-state index contributed by atoms with van der Waals surface area (Å²) in [5.74, 6) is 0. The lowest BCUT2D eigenvalue weighted by atomic mass is 9.65. The number of hydrogen-bond acceptors (Lipinski definition) is 5. The van der Waals surface area contributed by atoms with Crippen LogP contribution in [0.25, 0.3) is 5.57 Å². The summed E-state index contributed by atoms with van der Waals surface area (Å²) in [5.41, 5.74) is 12.7. The first-order chi connectivity index (χ1) is 10.2. The lowest BCUT2D eigenvalue weighted by Gasteiger charge is -2.12. The van der Waals surface area contributed by atoms with Gasteiger partial charge in [0.05, 0.1) is 12.2 Å². The number of thiazole rings is 1. The van der Waals surface area contributed by atoms with E-state index in [9.17, 15) is 0 Å². The highest BCUT2D eigenvalue weighted by atomic mass is 32.1. The molecule has 0 bridgehead atoms. The Morgan fingerprint density at radius 1 is 1.38 bits per heavy atom. The number of pyridine rings is 1. The first-order valence-corrected chi connectivity index (χ1v) is 7.96. The van der Waals surface area contributed by atoms with E-state index >= 15 is 0 Å². The fourth-order valence-electron chi connectivity index (χ4n) is 2.62. The summed E-state index contributed by atoms with van der Waals surface area (Å²) in [5, 5.41) is 6.57. The van der Waals surface area contributed by atoms with Gasteiger partial charge in [-0.05, 0) is 43.9 Å². The summed E-state index contributed by atoms with van der Waals surface area (Å²) in [6, 6.07) is 2.10. The van der Waals surface area contributed by atoms with Gasteiger partial charge in [0.15, 0.2) is 7.28 Å². The minimum absolute atomic E-state index is 0.665. The molecular weight excluding hydrogens is 279 g/mol. The van der Waals surface area contributed by atoms with Gasteiger partial charge in [-0.3, -0.25) is 4.98 Å². The van der Waals surface area contributed by atoms with Crippen molar-refractivity contribution >= 4 is 35.3 Å². The standard InChI is InChI=1S/C15H18BN4S/c1-9-7-12(19-8-13-18-5-6-21-13)14-15(20-9)10(2)11(16-14)3-4-17/h5-7H,3-4,8,17H2,1-2H3,(H,19,20). The number of fused-ring (bicyclic) bond motifs is 1. The van der Waals surface area contributed by atoms with Gasteiger partial charge in [-0.2, -0.15) is 0 Å². The first-order valence-electron chi connectivity index (χ1n) is 7.08. The molecule has 0 saturated carbocycles. The average molecular weight is 297 g/mol. The predicted molar refractivity (Wildman–Crippen MR) is 90.1 cm³/mol. The normalized spacial score (nSPS) is 13.3. The maximum absolute atomic E-state index is 5.70. The molecule has 0 atom stereocenters. The Labute approximate surface area is 129 Å². The second kappa shape index (κ2) is 5.99. The highest BCUT2D eigenvalue weighted by Gasteiger charge is 2.23. The van der Waals surface area contributed by atoms with E-state index in [-0.39, 0.29) is 0 Å². The second-order valence-corrected chi connectivity index (χ2v) is 6.17. The van der Waals surface area contributed by atoms with E-state index in [1.54, 1.807) is 11.3 Å². The number of aryl methyl sites for hydroxylation is 1. The third-order valence-corrected chi connectivity index (χ3v) is 4.45. The molecule has 21 heavy (non-hydrogen) atoms. The van der Waals surface area contributed by atoms with E-state index < -0.39 is 0 Å². The first kappa shape index (κ1) is 14.3. The number of allylic oxidation sites excluding steroid dienone is 1. The number of anilines is 1. The van der Waals surface area contributed by atoms with Crippen molar-refractivity contribution in [3.8, 4) is 0 Å². The Balaban J connectivity index is 1.87. The number of nitrogens with two attached hydrogens (primary N) is 1. The molecule has 1 aliphatic heterocycles. The third kappa shape index (κ3) is 2.87. The van der Waals surface area contributed by atoms with Crippen LogP contribution in [0.4, 0.5) is 5.69 Å². The van der Waals surface area contributed by atoms with Crippen molar-refractivity contribution in [3.63, 3.8) is 0 Å². The highest BCUT2D eigenvalue weighted by molar-refractivity contribution is 7.09. The van der Waals surface area contributed by atoms with Crippen molar-refractivity contribution in [2.75, 3.05) is 11.9 Å². The van der Waals surface area contributed by atoms with Crippen LogP contribution >= 0.6 is 11.3 Å². The summed E-state index contributed by atoms with van der Waals surface area (Å²) in [7, 11) is 2.22. The lowest BCUT2D eigenvalue weighted by Crippen LogP contribution is -2.22. The topological polar surface area (TPSA) is 63.8 Å². The van der Waals surface area contributed by atoms with Crippen LogP contribution in [-0.4, -0.2) is 23.8 Å². The lowest BCUT2D eigenvalue weighted by molar-refractivity contribution is 0.993. The molecule has 2 aromatic heterocycles. The van der Waals surface area contributed by atoms with Gasteiger partial charge in [0, 0.05) is 23.0 Å². The quantitative estimate of drug-likeness (QED) is 0.827. The molecule has 3 heterocycles. The SMILES string of the molecule is CC1=C(CCN)[B]c2c(NCc3nccs3)cc(C)nc21. The Morgan fingerprint density at radius 3 is 2.95 bits per heavy atom. The highest BCUT2D eigenvalue weighted by Crippen LogP contribution is 2.26. The van der Waals surface area contributed by atoms with Gasteiger partial charge >= 0.3 is 0 Å². The molecule has 107 valence electrons. The second-order valence-electron chi connectivity index (χ2n) is 5.19. The molecule has 0 fully saturated rings. The molecule has 0 amide bonds. The minimum atomic E-state index is 0.665. The molecule has 6 heteroatoms. The van der Waals surface area contributed by atoms with Crippen LogP contribution in [-0.2, 0) is 6.54 Å². The van der Waals surface area contributed by atoms with Crippen molar-refractivity contribution in [2.45, 2.75) is 26.8 Å². The number of rotatable bonds is 5. The molecule has 0 spiro atoms. The Hall–Kier alpha value is -1.66. The summed E-state index contributed by atoms with van der Waals surface area (Å²) < 4.78 is 0. The smallest absolute Gasteiger partial charge is 0.192 e. The number of hydrogen-bond donors (Lipinski definition) is 2. The van der Waals surface area contributed by atoms with Gasteiger partial charge in [-0.25, -0.2) is 4.98 Å². The molecule has 3 N–H and O–H groups in total. The molecule has 0 aromatic carbocycles. The molecule has 0 saturated heterocycles. The van der Waals surface area contributed by atoms with Crippen molar-refractivity contribution < 1.29 is 0 Å². The van der Waals surface area contributed by atoms with Crippen LogP contribution in [0.5, 0.6) is 0 Å². The minimum Gasteiger partial charge on any atom is -0.379 e. The van der Waals surface area contributed by atoms with Gasteiger partial charge in [0.25, 0.3) is 0 Å². The number of aromatic nitrogens is 2. The number of nitrogens with one attached hydrogen (secondary N) is 1. The Kier molecular flexibility index (Phi) is 4.08. The maximum Gasteiger partial charge on any atom is 0.192 e. The fraction of sp³-hybridized carbons (Fsp3) is 0.333. The van der Waals surface area contributed by atoms with Crippen LogP contribution in [0.2, 0.25) is 0 Å². The monoisotopic (exact) mass is 297 g/mol. The molecule has 1 radical (unpaired) electrons. The van der Waals surface area contributed by atoms with Gasteiger partial charge < -0.3 is 11.1 Å². The summed E-state index contributed by atoms with van der Waals surface area (Å²) in [6.45, 7) is 5.57. The number of nitrogens with zero attached hydrogens (tertiary/aromatic N) is 2. The molecule has 0 aliphatic carbocycles. The average Bonchev–Trinajstić information content (AvgIpc) is 3.07. The van der Waals surface area contributed by atoms with Gasteiger partial charge in [0.2, 0.25) is 0 Å². The third-order valence-electron chi connectivity index (χ3n) is 3.67. The molecule has 4 nitrogen and oxygen atoms in total. The largest absolute Gasteiger partial charge is 0.379 e. The molecular formula is C15H18BN4S. The van der Waals surface area contributed by atoms with Crippen LogP contribution < -0.4 is 16.5 Å². The summed E-state index contributed by atoms with van der Waals surface area (Å²) in [6.07, 6.45) is 2.73. The van der Waals surface area contributed by atoms with Crippen LogP contribution in [0.3, 0.4) is 0 Å². The molecule has 0 unspecified atom stereocenters. The predicted octanol–water partition coefficient (Wildman–Crippen LogP) is 1.88. The van der Waals surface area contributed by atoms with Crippen LogP contribution in [0.15, 0.2) is 23.1 Å². The van der Waals surface area contributed by atoms with Gasteiger partial charge in [0.1, 0.15) is 5.01 Å². The van der Waals surface area contributed by atoms with Crippen molar-refractivity contribution in [3.05, 3.63) is 39.5 Å². The van der Waals surface area contributed by atoms with E-state index in [0.29, 0.717) is 6.54 Å². The zero-order valence-electron chi connectivity index (χ0n) is 12.3. The summed E-state index contributed by atoms with van der Waals surface area (Å²) in [4.78, 5) is 9.00. The van der Waals surface area contributed by atoms with Crippen molar-refractivity contribution in [1.82, 2.24) is 9.97 Å². The van der Waals surface area contributed by atoms with E-state index in [4.69, 9.17) is 5.73 Å². The van der Waals surface area contributed by atoms with Gasteiger partial charge in [-0.1, -0.05) is 5.47 Å². The van der Waals surface area contributed by atoms with E-state index in [1.807, 2.05) is 18.5 Å². The van der Waals surface area contributed by atoms with Crippen molar-refractivity contribution in [2.24, 2.45) is 5.73 Å². The van der Waals surface area contributed by atoms with E-state index in [0.717, 1.165) is 35.0 Å². The Bertz CT molecular complexity index is 679. The summed E-state index contributed by atoms with van der Waals surface area (Å²) >= 11 is 1.66. The van der Waals surface area contributed by atoms with Crippen LogP contribution in [0, 0.1) is 6.92 Å². The van der Waals surface area contributed by atoms with E-state index in [1.165, 1.54) is 16.5 Å². The van der Waals surface area contributed by atoms with Gasteiger partial charge in [-0.15, -0.1) is 11.3 Å². The maximum atomic E-state index is 5.70. The Morgan fingerprint density at radius 2 is 2.24 bits per heavy atom. The molecule has 2 aromatic rings. The zero-order chi connectivity index (χ0) is 14.8. The van der Waals surface area contributed by atoms with Crippen LogP contribution in [0.1, 0.15) is 29.7 Å². The molecule has 1 aliphatic rings. The zero-order valence-corrected chi connectivity index (χ0v) is 13.1. The molecule has 3 rings (SSSR count). The van der Waals surface area contributed by atoms with Crippen molar-refractivity contribution in [1.29, 1.82) is 0 Å².